The van der Waals surface area contributed by atoms with Crippen LogP contribution in [0.1, 0.15) is 34.7 Å². The van der Waals surface area contributed by atoms with Crippen LogP contribution in [0.5, 0.6) is 5.75 Å². The molecule has 5 rings (SSSR count). The number of hydrazone groups is 1. The zero-order valence-corrected chi connectivity index (χ0v) is 16.8. The van der Waals surface area contributed by atoms with Crippen molar-refractivity contribution in [1.82, 2.24) is 5.01 Å². The van der Waals surface area contributed by atoms with Crippen molar-refractivity contribution in [1.29, 1.82) is 0 Å². The first-order chi connectivity index (χ1) is 12.7. The van der Waals surface area contributed by atoms with Gasteiger partial charge < -0.3 is 4.74 Å². The highest BCUT2D eigenvalue weighted by Crippen LogP contribution is 2.48. The number of thiophene rings is 1. The first-order valence-corrected chi connectivity index (χ1v) is 10.4. The maximum atomic E-state index is 6.34. The third kappa shape index (κ3) is 2.75. The van der Waals surface area contributed by atoms with E-state index in [1.165, 1.54) is 4.88 Å². The Kier molecular flexibility index (Phi) is 4.03. The van der Waals surface area contributed by atoms with Gasteiger partial charge >= 0.3 is 0 Å². The maximum absolute atomic E-state index is 6.34. The molecule has 0 amide bonds. The summed E-state index contributed by atoms with van der Waals surface area (Å²) in [7, 11) is 0. The molecule has 2 aliphatic heterocycles. The van der Waals surface area contributed by atoms with Gasteiger partial charge in [-0.05, 0) is 41.8 Å². The van der Waals surface area contributed by atoms with E-state index >= 15 is 0 Å². The Labute approximate surface area is 169 Å². The van der Waals surface area contributed by atoms with Gasteiger partial charge in [0.1, 0.15) is 5.75 Å². The zero-order chi connectivity index (χ0) is 17.7. The highest BCUT2D eigenvalue weighted by atomic mass is 79.9. The number of fused-ring (bicyclic) bond motifs is 3. The van der Waals surface area contributed by atoms with Crippen LogP contribution in [0.3, 0.4) is 0 Å². The summed E-state index contributed by atoms with van der Waals surface area (Å²) in [6.45, 7) is 0. The Morgan fingerprint density at radius 2 is 2.00 bits per heavy atom. The summed E-state index contributed by atoms with van der Waals surface area (Å²) in [5.41, 5.74) is 3.28. The summed E-state index contributed by atoms with van der Waals surface area (Å²) in [4.78, 5) is 1.21. The molecule has 3 aromatic rings. The second kappa shape index (κ2) is 6.41. The van der Waals surface area contributed by atoms with Crippen LogP contribution in [-0.2, 0) is 0 Å². The summed E-state index contributed by atoms with van der Waals surface area (Å²) in [5, 5.41) is 9.83. The molecule has 0 saturated heterocycles. The normalized spacial score (nSPS) is 21.0. The minimum atomic E-state index is -0.251. The van der Waals surface area contributed by atoms with Crippen LogP contribution in [0.15, 0.2) is 69.6 Å². The fourth-order valence-electron chi connectivity index (χ4n) is 3.50. The summed E-state index contributed by atoms with van der Waals surface area (Å²) in [5.74, 6) is 0.881. The summed E-state index contributed by atoms with van der Waals surface area (Å²) in [6.07, 6.45) is 0.601. The molecule has 6 heteroatoms. The smallest absolute Gasteiger partial charge is 0.213 e. The third-order valence-corrected chi connectivity index (χ3v) is 6.40. The van der Waals surface area contributed by atoms with E-state index < -0.39 is 0 Å². The van der Waals surface area contributed by atoms with Gasteiger partial charge in [0, 0.05) is 27.0 Å². The van der Waals surface area contributed by atoms with E-state index in [1.54, 1.807) is 11.3 Å². The lowest BCUT2D eigenvalue weighted by Gasteiger charge is -2.38. The quantitative estimate of drug-likeness (QED) is 0.455. The average Bonchev–Trinajstić information content (AvgIpc) is 3.32. The lowest BCUT2D eigenvalue weighted by atomic mass is 9.97. The maximum Gasteiger partial charge on any atom is 0.213 e. The number of hydrogen-bond acceptors (Lipinski definition) is 4. The molecule has 0 saturated carbocycles. The molecule has 0 N–H and O–H groups in total. The molecule has 0 spiro atoms. The minimum Gasteiger partial charge on any atom is -0.464 e. The van der Waals surface area contributed by atoms with E-state index in [-0.39, 0.29) is 12.3 Å². The van der Waals surface area contributed by atoms with Crippen molar-refractivity contribution in [2.45, 2.75) is 18.7 Å². The van der Waals surface area contributed by atoms with Crippen molar-refractivity contribution < 1.29 is 4.74 Å². The average molecular weight is 446 g/mol. The first-order valence-electron chi connectivity index (χ1n) is 8.30. The van der Waals surface area contributed by atoms with Gasteiger partial charge in [0.2, 0.25) is 6.23 Å². The molecule has 2 atom stereocenters. The number of hydrogen-bond donors (Lipinski definition) is 0. The highest BCUT2D eigenvalue weighted by Gasteiger charge is 2.41. The van der Waals surface area contributed by atoms with Crippen molar-refractivity contribution in [2.75, 3.05) is 0 Å². The Hall–Kier alpha value is -1.82. The summed E-state index contributed by atoms with van der Waals surface area (Å²) < 4.78 is 7.39. The van der Waals surface area contributed by atoms with E-state index in [2.05, 4.69) is 50.6 Å². The molecular weight excluding hydrogens is 432 g/mol. The van der Waals surface area contributed by atoms with Crippen LogP contribution in [0.4, 0.5) is 0 Å². The molecule has 3 heterocycles. The fourth-order valence-corrected chi connectivity index (χ4v) is 4.66. The van der Waals surface area contributed by atoms with Crippen LogP contribution in [0.25, 0.3) is 0 Å². The molecule has 2 aliphatic rings. The van der Waals surface area contributed by atoms with Gasteiger partial charge in [-0.3, -0.25) is 0 Å². The second-order valence-electron chi connectivity index (χ2n) is 6.33. The fraction of sp³-hybridized carbons (Fsp3) is 0.150. The van der Waals surface area contributed by atoms with Gasteiger partial charge in [-0.15, -0.1) is 11.3 Å². The molecule has 1 aromatic heterocycles. The van der Waals surface area contributed by atoms with Gasteiger partial charge in [0.15, 0.2) is 0 Å². The van der Waals surface area contributed by atoms with Gasteiger partial charge in [-0.1, -0.05) is 45.7 Å². The van der Waals surface area contributed by atoms with Gasteiger partial charge in [-0.2, -0.15) is 5.10 Å². The Bertz CT molecular complexity index is 988. The largest absolute Gasteiger partial charge is 0.464 e. The Morgan fingerprint density at radius 3 is 2.77 bits per heavy atom. The topological polar surface area (TPSA) is 24.8 Å². The molecule has 0 fully saturated rings. The molecule has 0 aliphatic carbocycles. The molecule has 0 radical (unpaired) electrons. The van der Waals surface area contributed by atoms with Crippen LogP contribution in [0, 0.1) is 0 Å². The third-order valence-electron chi connectivity index (χ3n) is 4.71. The Balaban J connectivity index is 1.61. The highest BCUT2D eigenvalue weighted by molar-refractivity contribution is 9.10. The van der Waals surface area contributed by atoms with Crippen molar-refractivity contribution in [3.63, 3.8) is 0 Å². The van der Waals surface area contributed by atoms with Crippen molar-refractivity contribution in [3.05, 3.63) is 85.5 Å². The van der Waals surface area contributed by atoms with Gasteiger partial charge in [0.05, 0.1) is 16.6 Å². The second-order valence-corrected chi connectivity index (χ2v) is 8.63. The lowest BCUT2D eigenvalue weighted by molar-refractivity contribution is -0.0190. The zero-order valence-electron chi connectivity index (χ0n) is 13.6. The van der Waals surface area contributed by atoms with E-state index in [4.69, 9.17) is 21.4 Å². The van der Waals surface area contributed by atoms with Gasteiger partial charge in [-0.25, -0.2) is 5.01 Å². The number of ether oxygens (including phenoxy) is 1. The molecule has 26 heavy (non-hydrogen) atoms. The standard InChI is InChI=1S/C20H14BrClN2OS/c21-13-5-3-12(4-6-13)20-24-17(11-16(23-24)19-2-1-9-26-19)15-10-14(22)7-8-18(15)25-20/h1-10,17,20H,11H2/t17-,20-/m1/s1. The van der Waals surface area contributed by atoms with Crippen LogP contribution < -0.4 is 4.74 Å². The molecule has 130 valence electrons. The van der Waals surface area contributed by atoms with Crippen molar-refractivity contribution in [2.24, 2.45) is 5.10 Å². The predicted octanol–water partition coefficient (Wildman–Crippen LogP) is 6.41. The first kappa shape index (κ1) is 16.4. The van der Waals surface area contributed by atoms with E-state index in [9.17, 15) is 0 Å². The number of halogens is 2. The summed E-state index contributed by atoms with van der Waals surface area (Å²) >= 11 is 11.5. The van der Waals surface area contributed by atoms with Crippen LogP contribution in [-0.4, -0.2) is 10.7 Å². The van der Waals surface area contributed by atoms with E-state index in [1.807, 2.05) is 30.3 Å². The van der Waals surface area contributed by atoms with Crippen molar-refractivity contribution >= 4 is 44.6 Å². The predicted molar refractivity (Wildman–Crippen MR) is 109 cm³/mol. The van der Waals surface area contributed by atoms with Crippen LogP contribution >= 0.6 is 38.9 Å². The molecular formula is C20H14BrClN2OS. The van der Waals surface area contributed by atoms with Crippen LogP contribution in [0.2, 0.25) is 5.02 Å². The van der Waals surface area contributed by atoms with E-state index in [0.29, 0.717) is 0 Å². The SMILES string of the molecule is Clc1ccc2c(c1)[C@H]1CC(c3cccs3)=NN1[C@@H](c1ccc(Br)cc1)O2. The summed E-state index contributed by atoms with van der Waals surface area (Å²) in [6, 6.07) is 18.4. The monoisotopic (exact) mass is 444 g/mol. The molecule has 0 bridgehead atoms. The van der Waals surface area contributed by atoms with Crippen molar-refractivity contribution in [3.8, 4) is 5.75 Å². The molecule has 2 aromatic carbocycles. The molecule has 0 unspecified atom stereocenters. The van der Waals surface area contributed by atoms with E-state index in [0.717, 1.165) is 38.5 Å². The lowest BCUT2D eigenvalue weighted by Crippen LogP contribution is -2.33. The molecule has 3 nitrogen and oxygen atoms in total. The van der Waals surface area contributed by atoms with Gasteiger partial charge in [0.25, 0.3) is 0 Å². The minimum absolute atomic E-state index is 0.128. The Morgan fingerprint density at radius 1 is 1.15 bits per heavy atom. The number of nitrogens with zero attached hydrogens (tertiary/aromatic N) is 2. The number of benzene rings is 2. The number of rotatable bonds is 2.